The molecule has 3 aromatic carbocycles. The van der Waals surface area contributed by atoms with Crippen molar-refractivity contribution in [3.63, 3.8) is 0 Å². The molecular formula is C24H29N2O2S+. The third kappa shape index (κ3) is 4.22. The zero-order valence-electron chi connectivity index (χ0n) is 17.1. The normalized spacial score (nSPS) is 16.3. The molecule has 1 atom stereocenters. The molecule has 1 aliphatic rings. The summed E-state index contributed by atoms with van der Waals surface area (Å²) < 4.78 is 29.1. The summed E-state index contributed by atoms with van der Waals surface area (Å²) in [7, 11) is -3.56. The molecule has 1 aliphatic heterocycles. The third-order valence-electron chi connectivity index (χ3n) is 6.05. The zero-order valence-corrected chi connectivity index (χ0v) is 17.9. The average Bonchev–Trinajstić information content (AvgIpc) is 3.24. The molecule has 5 heteroatoms. The SMILES string of the molecule is Cc1ccc(C)c(S(=O)(=O)NC[C@H](c2cccc3ccccc23)[NH+]2CCCC2)c1. The number of quaternary nitrogens is 1. The lowest BCUT2D eigenvalue weighted by atomic mass is 9.98. The number of benzene rings is 3. The van der Waals surface area contributed by atoms with Crippen molar-refractivity contribution in [2.45, 2.75) is 37.6 Å². The highest BCUT2D eigenvalue weighted by Gasteiger charge is 2.30. The lowest BCUT2D eigenvalue weighted by molar-refractivity contribution is -0.918. The molecule has 0 bridgehead atoms. The van der Waals surface area contributed by atoms with Crippen LogP contribution in [-0.4, -0.2) is 28.1 Å². The highest BCUT2D eigenvalue weighted by molar-refractivity contribution is 7.89. The Bertz CT molecular complexity index is 1110. The fraction of sp³-hybridized carbons (Fsp3) is 0.333. The topological polar surface area (TPSA) is 50.6 Å². The van der Waals surface area contributed by atoms with Gasteiger partial charge >= 0.3 is 0 Å². The monoisotopic (exact) mass is 409 g/mol. The number of nitrogens with one attached hydrogen (secondary N) is 2. The maximum absolute atomic E-state index is 13.1. The number of rotatable bonds is 6. The lowest BCUT2D eigenvalue weighted by Crippen LogP contribution is -3.11. The van der Waals surface area contributed by atoms with Gasteiger partial charge in [-0.05, 0) is 41.8 Å². The molecule has 1 saturated heterocycles. The van der Waals surface area contributed by atoms with Crippen molar-refractivity contribution in [2.24, 2.45) is 0 Å². The van der Waals surface area contributed by atoms with Crippen LogP contribution >= 0.6 is 0 Å². The van der Waals surface area contributed by atoms with Gasteiger partial charge in [-0.3, -0.25) is 0 Å². The minimum atomic E-state index is -3.56. The van der Waals surface area contributed by atoms with Crippen molar-refractivity contribution in [3.05, 3.63) is 77.4 Å². The van der Waals surface area contributed by atoms with E-state index in [2.05, 4.69) is 41.1 Å². The molecule has 4 nitrogen and oxygen atoms in total. The quantitative estimate of drug-likeness (QED) is 0.657. The van der Waals surface area contributed by atoms with Gasteiger partial charge in [-0.2, -0.15) is 0 Å². The van der Waals surface area contributed by atoms with Crippen molar-refractivity contribution < 1.29 is 13.3 Å². The molecule has 1 heterocycles. The summed E-state index contributed by atoms with van der Waals surface area (Å²) in [6, 6.07) is 20.4. The number of fused-ring (bicyclic) bond motifs is 1. The Morgan fingerprint density at radius 1 is 0.966 bits per heavy atom. The molecule has 4 rings (SSSR count). The van der Waals surface area contributed by atoms with Crippen LogP contribution in [0.4, 0.5) is 0 Å². The number of aryl methyl sites for hydroxylation is 2. The molecule has 0 saturated carbocycles. The summed E-state index contributed by atoms with van der Waals surface area (Å²) in [5.41, 5.74) is 2.95. The van der Waals surface area contributed by atoms with Gasteiger partial charge in [0.25, 0.3) is 0 Å². The second-order valence-corrected chi connectivity index (χ2v) is 9.84. The van der Waals surface area contributed by atoms with E-state index in [1.54, 1.807) is 6.07 Å². The Balaban J connectivity index is 1.67. The van der Waals surface area contributed by atoms with Gasteiger partial charge in [0.1, 0.15) is 6.04 Å². The molecule has 3 aromatic rings. The van der Waals surface area contributed by atoms with Crippen LogP contribution in [0, 0.1) is 13.8 Å². The number of hydrogen-bond donors (Lipinski definition) is 2. The minimum Gasteiger partial charge on any atom is -0.328 e. The second-order valence-electron chi connectivity index (χ2n) is 8.11. The highest BCUT2D eigenvalue weighted by Crippen LogP contribution is 2.24. The van der Waals surface area contributed by atoms with Crippen LogP contribution in [-0.2, 0) is 10.0 Å². The number of sulfonamides is 1. The largest absolute Gasteiger partial charge is 0.328 e. The summed E-state index contributed by atoms with van der Waals surface area (Å²) in [6.45, 7) is 6.34. The van der Waals surface area contributed by atoms with Gasteiger partial charge in [-0.25, -0.2) is 13.1 Å². The first-order chi connectivity index (χ1) is 14.0. The fourth-order valence-electron chi connectivity index (χ4n) is 4.47. The second kappa shape index (κ2) is 8.27. The number of hydrogen-bond acceptors (Lipinski definition) is 2. The van der Waals surface area contributed by atoms with Crippen LogP contribution in [0.2, 0.25) is 0 Å². The molecule has 0 aliphatic carbocycles. The molecule has 0 radical (unpaired) electrons. The predicted molar refractivity (Wildman–Crippen MR) is 118 cm³/mol. The maximum Gasteiger partial charge on any atom is 0.241 e. The first-order valence-electron chi connectivity index (χ1n) is 10.3. The van der Waals surface area contributed by atoms with Crippen LogP contribution in [0.15, 0.2) is 65.6 Å². The van der Waals surface area contributed by atoms with Crippen LogP contribution in [0.5, 0.6) is 0 Å². The van der Waals surface area contributed by atoms with E-state index in [0.717, 1.165) is 24.2 Å². The molecule has 0 amide bonds. The third-order valence-corrected chi connectivity index (χ3v) is 7.61. The lowest BCUT2D eigenvalue weighted by Gasteiger charge is -2.26. The Kier molecular flexibility index (Phi) is 5.72. The maximum atomic E-state index is 13.1. The predicted octanol–water partition coefficient (Wildman–Crippen LogP) is 3.15. The van der Waals surface area contributed by atoms with E-state index in [4.69, 9.17) is 0 Å². The van der Waals surface area contributed by atoms with E-state index in [1.807, 2.05) is 32.0 Å². The molecule has 1 fully saturated rings. The molecule has 2 N–H and O–H groups in total. The summed E-state index contributed by atoms with van der Waals surface area (Å²) in [6.07, 6.45) is 2.39. The standard InChI is InChI=1S/C24H28N2O2S/c1-18-12-13-19(2)24(16-18)29(27,28)25-17-23(26-14-5-6-15-26)22-11-7-9-20-8-3-4-10-21(20)22/h3-4,7-13,16,23,25H,5-6,14-15,17H2,1-2H3/p+1/t23-/m1/s1. The van der Waals surface area contributed by atoms with Gasteiger partial charge < -0.3 is 4.90 Å². The van der Waals surface area contributed by atoms with E-state index < -0.39 is 10.0 Å². The van der Waals surface area contributed by atoms with Gasteiger partial charge in [-0.15, -0.1) is 0 Å². The summed E-state index contributed by atoms with van der Waals surface area (Å²) in [5.74, 6) is 0. The van der Waals surface area contributed by atoms with E-state index in [1.165, 1.54) is 34.1 Å². The Hall–Kier alpha value is -2.21. The number of likely N-dealkylation sites (tertiary alicyclic amines) is 1. The van der Waals surface area contributed by atoms with Crippen LogP contribution < -0.4 is 9.62 Å². The van der Waals surface area contributed by atoms with Crippen LogP contribution in [0.3, 0.4) is 0 Å². The highest BCUT2D eigenvalue weighted by atomic mass is 32.2. The van der Waals surface area contributed by atoms with E-state index in [9.17, 15) is 8.42 Å². The average molecular weight is 410 g/mol. The summed E-state index contributed by atoms with van der Waals surface area (Å²) >= 11 is 0. The van der Waals surface area contributed by atoms with E-state index in [-0.39, 0.29) is 6.04 Å². The van der Waals surface area contributed by atoms with Crippen molar-refractivity contribution in [1.29, 1.82) is 0 Å². The van der Waals surface area contributed by atoms with E-state index >= 15 is 0 Å². The first kappa shape index (κ1) is 20.1. The Labute approximate surface area is 173 Å². The van der Waals surface area contributed by atoms with Crippen LogP contribution in [0.1, 0.15) is 35.6 Å². The molecular weight excluding hydrogens is 380 g/mol. The Morgan fingerprint density at radius 2 is 1.69 bits per heavy atom. The smallest absolute Gasteiger partial charge is 0.241 e. The fourth-order valence-corrected chi connectivity index (χ4v) is 5.85. The van der Waals surface area contributed by atoms with Gasteiger partial charge in [0.05, 0.1) is 24.5 Å². The van der Waals surface area contributed by atoms with Crippen molar-refractivity contribution in [1.82, 2.24) is 4.72 Å². The van der Waals surface area contributed by atoms with Crippen molar-refractivity contribution in [2.75, 3.05) is 19.6 Å². The van der Waals surface area contributed by atoms with Crippen molar-refractivity contribution in [3.8, 4) is 0 Å². The van der Waals surface area contributed by atoms with Crippen LogP contribution in [0.25, 0.3) is 10.8 Å². The van der Waals surface area contributed by atoms with E-state index in [0.29, 0.717) is 11.4 Å². The molecule has 152 valence electrons. The first-order valence-corrected chi connectivity index (χ1v) is 11.8. The summed E-state index contributed by atoms with van der Waals surface area (Å²) in [4.78, 5) is 1.84. The molecule has 0 unspecified atom stereocenters. The summed E-state index contributed by atoms with van der Waals surface area (Å²) in [5, 5.41) is 2.41. The molecule has 29 heavy (non-hydrogen) atoms. The van der Waals surface area contributed by atoms with Gasteiger partial charge in [0, 0.05) is 18.4 Å². The van der Waals surface area contributed by atoms with Gasteiger partial charge in [-0.1, -0.05) is 54.6 Å². The molecule has 0 aromatic heterocycles. The van der Waals surface area contributed by atoms with Gasteiger partial charge in [0.2, 0.25) is 10.0 Å². The molecule has 0 spiro atoms. The van der Waals surface area contributed by atoms with Gasteiger partial charge in [0.15, 0.2) is 0 Å². The van der Waals surface area contributed by atoms with Crippen molar-refractivity contribution >= 4 is 20.8 Å². The zero-order chi connectivity index (χ0) is 20.4. The minimum absolute atomic E-state index is 0.100. The Morgan fingerprint density at radius 3 is 2.48 bits per heavy atom.